The quantitative estimate of drug-likeness (QED) is 0.500. The molecule has 0 N–H and O–H groups in total. The Bertz CT molecular complexity index is 1100. The van der Waals surface area contributed by atoms with Gasteiger partial charge >= 0.3 is 23.9 Å². The fourth-order valence-corrected chi connectivity index (χ4v) is 5.10. The van der Waals surface area contributed by atoms with E-state index in [1.807, 2.05) is 0 Å². The van der Waals surface area contributed by atoms with Crippen molar-refractivity contribution in [2.45, 2.75) is 37.5 Å². The molecule has 4 aliphatic rings. The molecule has 0 bridgehead atoms. The topological polar surface area (TPSA) is 96.0 Å². The molecule has 6 rings (SSSR count). The van der Waals surface area contributed by atoms with Crippen molar-refractivity contribution in [1.29, 1.82) is 0 Å². The van der Waals surface area contributed by atoms with Crippen LogP contribution in [-0.2, 0) is 14.9 Å². The first kappa shape index (κ1) is 16.5. The first-order chi connectivity index (χ1) is 14.0. The molecule has 3 heterocycles. The second-order valence-electron chi connectivity index (χ2n) is 7.89. The number of ether oxygens (including phenoxy) is 3. The van der Waals surface area contributed by atoms with Crippen LogP contribution in [0.4, 0.5) is 0 Å². The zero-order valence-electron chi connectivity index (χ0n) is 15.2. The molecule has 1 aliphatic carbocycles. The van der Waals surface area contributed by atoms with Crippen LogP contribution in [-0.4, -0.2) is 23.9 Å². The molecule has 7 nitrogen and oxygen atoms in total. The Morgan fingerprint density at radius 3 is 1.41 bits per heavy atom. The molecule has 29 heavy (non-hydrogen) atoms. The highest BCUT2D eigenvalue weighted by molar-refractivity contribution is 6.16. The standard InChI is InChI=1S/C22H14O7/c23-18-10-6-14-16(8-12(10)20(25)28-18)27-17-9-13-11(19(24)29-21(13)26)7-15(17)22(14)4-2-1-3-5-22/h6-9H,1-5H2. The molecule has 144 valence electrons. The Kier molecular flexibility index (Phi) is 3.02. The Balaban J connectivity index is 1.63. The number of rotatable bonds is 0. The van der Waals surface area contributed by atoms with E-state index in [-0.39, 0.29) is 22.3 Å². The molecular formula is C22H14O7. The molecule has 1 fully saturated rings. The average molecular weight is 390 g/mol. The summed E-state index contributed by atoms with van der Waals surface area (Å²) in [5.41, 5.74) is 1.99. The first-order valence-electron chi connectivity index (χ1n) is 9.56. The lowest BCUT2D eigenvalue weighted by molar-refractivity contribution is 0.0425. The van der Waals surface area contributed by atoms with E-state index in [0.717, 1.165) is 43.2 Å². The van der Waals surface area contributed by atoms with Crippen molar-refractivity contribution >= 4 is 23.9 Å². The van der Waals surface area contributed by atoms with Crippen LogP contribution in [0.2, 0.25) is 0 Å². The minimum absolute atomic E-state index is 0.180. The van der Waals surface area contributed by atoms with Gasteiger partial charge in [-0.1, -0.05) is 19.3 Å². The van der Waals surface area contributed by atoms with Crippen molar-refractivity contribution in [3.05, 3.63) is 57.6 Å². The lowest BCUT2D eigenvalue weighted by Crippen LogP contribution is -2.34. The smallest absolute Gasteiger partial charge is 0.347 e. The van der Waals surface area contributed by atoms with E-state index < -0.39 is 29.3 Å². The monoisotopic (exact) mass is 390 g/mol. The molecule has 0 saturated heterocycles. The van der Waals surface area contributed by atoms with Crippen molar-refractivity contribution < 1.29 is 33.4 Å². The number of esters is 4. The van der Waals surface area contributed by atoms with Crippen LogP contribution in [0.25, 0.3) is 0 Å². The minimum Gasteiger partial charge on any atom is -0.457 e. The highest BCUT2D eigenvalue weighted by atomic mass is 16.6. The lowest BCUT2D eigenvalue weighted by Gasteiger charge is -2.43. The summed E-state index contributed by atoms with van der Waals surface area (Å²) in [6.07, 6.45) is 4.64. The van der Waals surface area contributed by atoms with Gasteiger partial charge in [0.05, 0.1) is 22.3 Å². The van der Waals surface area contributed by atoms with E-state index >= 15 is 0 Å². The third-order valence-electron chi connectivity index (χ3n) is 6.45. The number of fused-ring (bicyclic) bond motifs is 6. The Hall–Kier alpha value is -3.48. The molecule has 0 amide bonds. The Morgan fingerprint density at radius 2 is 0.966 bits per heavy atom. The van der Waals surface area contributed by atoms with E-state index in [9.17, 15) is 19.2 Å². The predicted molar refractivity (Wildman–Crippen MR) is 96.3 cm³/mol. The van der Waals surface area contributed by atoms with Gasteiger partial charge in [0.15, 0.2) is 0 Å². The maximum absolute atomic E-state index is 12.1. The van der Waals surface area contributed by atoms with Gasteiger partial charge in [0.25, 0.3) is 0 Å². The SMILES string of the molecule is O=C1OC(=O)c2cc3c(cc21)Oc1cc2c(cc1C31CCCCC1)C(=O)OC2=O. The van der Waals surface area contributed by atoms with Crippen LogP contribution >= 0.6 is 0 Å². The van der Waals surface area contributed by atoms with Crippen LogP contribution in [0.3, 0.4) is 0 Å². The van der Waals surface area contributed by atoms with Crippen molar-refractivity contribution in [2.24, 2.45) is 0 Å². The average Bonchev–Trinajstić information content (AvgIpc) is 3.15. The maximum Gasteiger partial charge on any atom is 0.347 e. The molecule has 2 aromatic rings. The molecule has 0 atom stereocenters. The third kappa shape index (κ3) is 2.02. The lowest BCUT2D eigenvalue weighted by atomic mass is 9.63. The zero-order chi connectivity index (χ0) is 19.9. The van der Waals surface area contributed by atoms with Crippen LogP contribution in [0, 0.1) is 0 Å². The van der Waals surface area contributed by atoms with Crippen LogP contribution in [0.5, 0.6) is 11.5 Å². The van der Waals surface area contributed by atoms with Crippen molar-refractivity contribution in [2.75, 3.05) is 0 Å². The van der Waals surface area contributed by atoms with Gasteiger partial charge in [0, 0.05) is 16.5 Å². The van der Waals surface area contributed by atoms with Crippen LogP contribution in [0.15, 0.2) is 24.3 Å². The summed E-state index contributed by atoms with van der Waals surface area (Å²) in [7, 11) is 0. The minimum atomic E-state index is -0.692. The fourth-order valence-electron chi connectivity index (χ4n) is 5.10. The number of hydrogen-bond donors (Lipinski definition) is 0. The van der Waals surface area contributed by atoms with Crippen molar-refractivity contribution in [3.63, 3.8) is 0 Å². The second kappa shape index (κ2) is 5.31. The number of carbonyl (C=O) groups excluding carboxylic acids is 4. The number of hydrogen-bond acceptors (Lipinski definition) is 7. The Morgan fingerprint density at radius 1 is 0.552 bits per heavy atom. The molecule has 0 radical (unpaired) electrons. The van der Waals surface area contributed by atoms with E-state index in [2.05, 4.69) is 0 Å². The zero-order valence-corrected chi connectivity index (χ0v) is 15.2. The van der Waals surface area contributed by atoms with Gasteiger partial charge in [0.1, 0.15) is 11.5 Å². The van der Waals surface area contributed by atoms with E-state index in [1.54, 1.807) is 24.3 Å². The third-order valence-corrected chi connectivity index (χ3v) is 6.45. The van der Waals surface area contributed by atoms with Crippen LogP contribution in [0.1, 0.15) is 84.7 Å². The van der Waals surface area contributed by atoms with Crippen LogP contribution < -0.4 is 4.74 Å². The molecule has 7 heteroatoms. The van der Waals surface area contributed by atoms with Crippen molar-refractivity contribution in [1.82, 2.24) is 0 Å². The van der Waals surface area contributed by atoms with Gasteiger partial charge in [-0.2, -0.15) is 0 Å². The van der Waals surface area contributed by atoms with Crippen molar-refractivity contribution in [3.8, 4) is 11.5 Å². The van der Waals surface area contributed by atoms with E-state index in [1.165, 1.54) is 0 Å². The largest absolute Gasteiger partial charge is 0.457 e. The van der Waals surface area contributed by atoms with E-state index in [0.29, 0.717) is 11.5 Å². The Labute approximate surface area is 164 Å². The molecule has 1 spiro atoms. The van der Waals surface area contributed by atoms with Gasteiger partial charge < -0.3 is 14.2 Å². The highest BCUT2D eigenvalue weighted by Crippen LogP contribution is 2.56. The summed E-state index contributed by atoms with van der Waals surface area (Å²) in [5.74, 6) is -1.75. The molecule has 0 aromatic heterocycles. The van der Waals surface area contributed by atoms with Gasteiger partial charge in [-0.3, -0.25) is 0 Å². The summed E-state index contributed by atoms with van der Waals surface area (Å²) in [6.45, 7) is 0. The van der Waals surface area contributed by atoms with E-state index in [4.69, 9.17) is 14.2 Å². The summed E-state index contributed by atoms with van der Waals surface area (Å²) in [4.78, 5) is 48.3. The molecule has 2 aromatic carbocycles. The fraction of sp³-hybridized carbons (Fsp3) is 0.273. The van der Waals surface area contributed by atoms with Gasteiger partial charge in [-0.05, 0) is 37.1 Å². The summed E-state index contributed by atoms with van der Waals surface area (Å²) in [6, 6.07) is 6.49. The molecular weight excluding hydrogens is 376 g/mol. The normalized spacial score (nSPS) is 20.4. The number of cyclic esters (lactones) is 4. The molecule has 3 aliphatic heterocycles. The highest BCUT2D eigenvalue weighted by Gasteiger charge is 2.47. The summed E-state index contributed by atoms with van der Waals surface area (Å²) in [5, 5.41) is 0. The molecule has 1 saturated carbocycles. The first-order valence-corrected chi connectivity index (χ1v) is 9.56. The summed E-state index contributed by atoms with van der Waals surface area (Å²) < 4.78 is 15.6. The second-order valence-corrected chi connectivity index (χ2v) is 7.89. The van der Waals surface area contributed by atoms with Gasteiger partial charge in [-0.15, -0.1) is 0 Å². The predicted octanol–water partition coefficient (Wildman–Crippen LogP) is 3.66. The van der Waals surface area contributed by atoms with Gasteiger partial charge in [0.2, 0.25) is 0 Å². The number of carbonyl (C=O) groups is 4. The van der Waals surface area contributed by atoms with Gasteiger partial charge in [-0.25, -0.2) is 19.2 Å². The number of benzene rings is 2. The molecule has 0 unspecified atom stereocenters. The maximum atomic E-state index is 12.1. The summed E-state index contributed by atoms with van der Waals surface area (Å²) >= 11 is 0.